The van der Waals surface area contributed by atoms with Crippen molar-refractivity contribution in [1.29, 1.82) is 0 Å². The smallest absolute Gasteiger partial charge is 0.106 e. The standard InChI is InChI=1S/C17H25N3O/c1-12-19-15-10-13(8-9-16(15)20(12)2)17(21)11-18-14-6-4-3-5-7-14/h8-10,14,17-18,21H,3-7,11H2,1-2H3. The number of aryl methyl sites for hydroxylation is 2. The molecule has 4 heteroatoms. The Balaban J connectivity index is 1.67. The van der Waals surface area contributed by atoms with Gasteiger partial charge in [0.05, 0.1) is 17.1 Å². The van der Waals surface area contributed by atoms with E-state index in [1.165, 1.54) is 32.1 Å². The molecule has 0 aliphatic heterocycles. The molecule has 4 nitrogen and oxygen atoms in total. The van der Waals surface area contributed by atoms with Crippen molar-refractivity contribution in [3.8, 4) is 0 Å². The molecule has 2 aromatic rings. The summed E-state index contributed by atoms with van der Waals surface area (Å²) in [6.07, 6.45) is 6.01. The molecule has 3 rings (SSSR count). The van der Waals surface area contributed by atoms with Crippen LogP contribution in [0.3, 0.4) is 0 Å². The van der Waals surface area contributed by atoms with Crippen molar-refractivity contribution in [2.45, 2.75) is 51.2 Å². The zero-order chi connectivity index (χ0) is 14.8. The Kier molecular flexibility index (Phi) is 4.27. The molecule has 0 bridgehead atoms. The maximum absolute atomic E-state index is 10.4. The minimum absolute atomic E-state index is 0.460. The van der Waals surface area contributed by atoms with Gasteiger partial charge in [-0.25, -0.2) is 4.98 Å². The number of hydrogen-bond acceptors (Lipinski definition) is 3. The fourth-order valence-electron chi connectivity index (χ4n) is 3.25. The van der Waals surface area contributed by atoms with Gasteiger partial charge in [-0.15, -0.1) is 0 Å². The molecule has 0 saturated heterocycles. The molecule has 0 radical (unpaired) electrons. The number of aliphatic hydroxyl groups excluding tert-OH is 1. The summed E-state index contributed by atoms with van der Waals surface area (Å²) in [7, 11) is 2.02. The maximum atomic E-state index is 10.4. The third kappa shape index (κ3) is 3.11. The number of aliphatic hydroxyl groups is 1. The Morgan fingerprint density at radius 2 is 2.10 bits per heavy atom. The van der Waals surface area contributed by atoms with Gasteiger partial charge in [-0.3, -0.25) is 0 Å². The number of aromatic nitrogens is 2. The molecular formula is C17H25N3O. The van der Waals surface area contributed by atoms with E-state index in [1.807, 2.05) is 26.1 Å². The molecule has 0 amide bonds. The predicted molar refractivity (Wildman–Crippen MR) is 85.3 cm³/mol. The van der Waals surface area contributed by atoms with Gasteiger partial charge in [-0.05, 0) is 37.5 Å². The SMILES string of the molecule is Cc1nc2cc(C(O)CNC3CCCCC3)ccc2n1C. The van der Waals surface area contributed by atoms with Crippen LogP contribution in [0.2, 0.25) is 0 Å². The normalized spacial score (nSPS) is 18.2. The van der Waals surface area contributed by atoms with E-state index < -0.39 is 6.10 Å². The van der Waals surface area contributed by atoms with Gasteiger partial charge in [-0.1, -0.05) is 25.3 Å². The topological polar surface area (TPSA) is 50.1 Å². The summed E-state index contributed by atoms with van der Waals surface area (Å²) in [6, 6.07) is 6.65. The van der Waals surface area contributed by atoms with E-state index in [0.29, 0.717) is 12.6 Å². The summed E-state index contributed by atoms with van der Waals surface area (Å²) < 4.78 is 2.08. The molecule has 21 heavy (non-hydrogen) atoms. The van der Waals surface area contributed by atoms with Crippen molar-refractivity contribution >= 4 is 11.0 Å². The van der Waals surface area contributed by atoms with E-state index >= 15 is 0 Å². The van der Waals surface area contributed by atoms with Crippen molar-refractivity contribution in [3.05, 3.63) is 29.6 Å². The molecule has 0 spiro atoms. The summed E-state index contributed by atoms with van der Waals surface area (Å²) in [5.41, 5.74) is 3.02. The molecule has 1 heterocycles. The highest BCUT2D eigenvalue weighted by molar-refractivity contribution is 5.76. The van der Waals surface area contributed by atoms with Gasteiger partial charge >= 0.3 is 0 Å². The molecule has 1 unspecified atom stereocenters. The third-order valence-electron chi connectivity index (χ3n) is 4.72. The van der Waals surface area contributed by atoms with Gasteiger partial charge in [0.25, 0.3) is 0 Å². The van der Waals surface area contributed by atoms with E-state index in [-0.39, 0.29) is 0 Å². The average molecular weight is 287 g/mol. The van der Waals surface area contributed by atoms with Crippen LogP contribution in [0.4, 0.5) is 0 Å². The lowest BCUT2D eigenvalue weighted by molar-refractivity contribution is 0.165. The van der Waals surface area contributed by atoms with Crippen LogP contribution < -0.4 is 5.32 Å². The zero-order valence-corrected chi connectivity index (χ0v) is 13.0. The predicted octanol–water partition coefficient (Wildman–Crippen LogP) is 2.84. The molecule has 1 aromatic carbocycles. The summed E-state index contributed by atoms with van der Waals surface area (Å²) in [5.74, 6) is 0.997. The van der Waals surface area contributed by atoms with Gasteiger partial charge in [-0.2, -0.15) is 0 Å². The van der Waals surface area contributed by atoms with Gasteiger partial charge in [0.1, 0.15) is 5.82 Å². The van der Waals surface area contributed by atoms with Crippen molar-refractivity contribution in [2.24, 2.45) is 7.05 Å². The van der Waals surface area contributed by atoms with E-state index in [1.54, 1.807) is 0 Å². The minimum Gasteiger partial charge on any atom is -0.387 e. The quantitative estimate of drug-likeness (QED) is 0.909. The molecular weight excluding hydrogens is 262 g/mol. The number of nitrogens with zero attached hydrogens (tertiary/aromatic N) is 2. The van der Waals surface area contributed by atoms with Crippen LogP contribution in [0.1, 0.15) is 49.6 Å². The lowest BCUT2D eigenvalue weighted by Gasteiger charge is -2.24. The van der Waals surface area contributed by atoms with Gasteiger partial charge < -0.3 is 15.0 Å². The van der Waals surface area contributed by atoms with Crippen LogP contribution in [-0.4, -0.2) is 27.2 Å². The molecule has 114 valence electrons. The van der Waals surface area contributed by atoms with Crippen LogP contribution in [-0.2, 0) is 7.05 Å². The average Bonchev–Trinajstić information content (AvgIpc) is 2.80. The Bertz CT molecular complexity index is 614. The summed E-state index contributed by atoms with van der Waals surface area (Å²) in [5, 5.41) is 13.9. The van der Waals surface area contributed by atoms with Crippen LogP contribution >= 0.6 is 0 Å². The monoisotopic (exact) mass is 287 g/mol. The second kappa shape index (κ2) is 6.16. The van der Waals surface area contributed by atoms with E-state index in [2.05, 4.69) is 20.9 Å². The van der Waals surface area contributed by atoms with Gasteiger partial charge in [0.2, 0.25) is 0 Å². The fraction of sp³-hybridized carbons (Fsp3) is 0.588. The van der Waals surface area contributed by atoms with Crippen LogP contribution in [0.5, 0.6) is 0 Å². The summed E-state index contributed by atoms with van der Waals surface area (Å²) in [4.78, 5) is 4.54. The Hall–Kier alpha value is -1.39. The van der Waals surface area contributed by atoms with E-state index in [9.17, 15) is 5.11 Å². The molecule has 1 atom stereocenters. The highest BCUT2D eigenvalue weighted by Gasteiger charge is 2.16. The summed E-state index contributed by atoms with van der Waals surface area (Å²) in [6.45, 7) is 2.63. The van der Waals surface area contributed by atoms with Crippen molar-refractivity contribution in [3.63, 3.8) is 0 Å². The number of imidazole rings is 1. The number of fused-ring (bicyclic) bond motifs is 1. The molecule has 1 aliphatic carbocycles. The molecule has 2 N–H and O–H groups in total. The van der Waals surface area contributed by atoms with Crippen molar-refractivity contribution < 1.29 is 5.11 Å². The first-order valence-corrected chi connectivity index (χ1v) is 7.99. The van der Waals surface area contributed by atoms with E-state index in [0.717, 1.165) is 22.4 Å². The van der Waals surface area contributed by atoms with Gasteiger partial charge in [0.15, 0.2) is 0 Å². The Morgan fingerprint density at radius 3 is 2.86 bits per heavy atom. The lowest BCUT2D eigenvalue weighted by atomic mass is 9.95. The summed E-state index contributed by atoms with van der Waals surface area (Å²) >= 11 is 0. The number of rotatable bonds is 4. The second-order valence-corrected chi connectivity index (χ2v) is 6.23. The van der Waals surface area contributed by atoms with Gasteiger partial charge in [0, 0.05) is 19.6 Å². The van der Waals surface area contributed by atoms with Crippen molar-refractivity contribution in [2.75, 3.05) is 6.54 Å². The first-order valence-electron chi connectivity index (χ1n) is 7.99. The first-order chi connectivity index (χ1) is 10.1. The zero-order valence-electron chi connectivity index (χ0n) is 13.0. The fourth-order valence-corrected chi connectivity index (χ4v) is 3.25. The number of benzene rings is 1. The maximum Gasteiger partial charge on any atom is 0.106 e. The van der Waals surface area contributed by atoms with Crippen LogP contribution in [0.25, 0.3) is 11.0 Å². The second-order valence-electron chi connectivity index (χ2n) is 6.23. The molecule has 1 fully saturated rings. The third-order valence-corrected chi connectivity index (χ3v) is 4.72. The molecule has 1 saturated carbocycles. The van der Waals surface area contributed by atoms with Crippen LogP contribution in [0.15, 0.2) is 18.2 Å². The van der Waals surface area contributed by atoms with E-state index in [4.69, 9.17) is 0 Å². The molecule has 1 aromatic heterocycles. The lowest BCUT2D eigenvalue weighted by Crippen LogP contribution is -2.34. The first kappa shape index (κ1) is 14.5. The highest BCUT2D eigenvalue weighted by Crippen LogP contribution is 2.22. The van der Waals surface area contributed by atoms with Crippen molar-refractivity contribution in [1.82, 2.24) is 14.9 Å². The van der Waals surface area contributed by atoms with Crippen LogP contribution in [0, 0.1) is 6.92 Å². The molecule has 1 aliphatic rings. The highest BCUT2D eigenvalue weighted by atomic mass is 16.3. The Morgan fingerprint density at radius 1 is 1.33 bits per heavy atom. The number of nitrogens with one attached hydrogen (secondary N) is 1. The largest absolute Gasteiger partial charge is 0.387 e. The number of hydrogen-bond donors (Lipinski definition) is 2. The minimum atomic E-state index is -0.460. The Labute approximate surface area is 126 Å².